The van der Waals surface area contributed by atoms with E-state index in [0.29, 0.717) is 28.2 Å². The molecule has 0 saturated carbocycles. The molecular formula is C17H22N2O6. The maximum atomic E-state index is 12.5. The van der Waals surface area contributed by atoms with Crippen LogP contribution in [-0.4, -0.2) is 50.8 Å². The summed E-state index contributed by atoms with van der Waals surface area (Å²) in [6, 6.07) is 3.30. The Balaban J connectivity index is 2.50. The lowest BCUT2D eigenvalue weighted by molar-refractivity contribution is -0.146. The highest BCUT2D eigenvalue weighted by Gasteiger charge is 2.31. The van der Waals surface area contributed by atoms with Gasteiger partial charge in [0.25, 0.3) is 5.91 Å². The number of aromatic amines is 1. The van der Waals surface area contributed by atoms with Crippen LogP contribution >= 0.6 is 0 Å². The van der Waals surface area contributed by atoms with Crippen LogP contribution in [0.3, 0.4) is 0 Å². The minimum absolute atomic E-state index is 0.247. The highest BCUT2D eigenvalue weighted by atomic mass is 16.5. The lowest BCUT2D eigenvalue weighted by atomic mass is 10.1. The smallest absolute Gasteiger partial charge is 0.330 e. The number of carbonyl (C=O) groups is 2. The Hall–Kier alpha value is -2.90. The first kappa shape index (κ1) is 18.4. The van der Waals surface area contributed by atoms with E-state index in [9.17, 15) is 9.59 Å². The average Bonchev–Trinajstić information content (AvgIpc) is 3.04. The van der Waals surface area contributed by atoms with Crippen molar-refractivity contribution in [2.75, 3.05) is 28.4 Å². The standard InChI is InChI=1S/C17H22N2O6/c1-17(2,16(21)25-6)19-15(20)10-7-9-11(22-3)8-12(23-4)14(24-5)13(9)18-10/h7-8,18H,1-6H3,(H,19,20). The predicted molar refractivity (Wildman–Crippen MR) is 91.5 cm³/mol. The largest absolute Gasteiger partial charge is 0.496 e. The summed E-state index contributed by atoms with van der Waals surface area (Å²) in [6.07, 6.45) is 0. The number of amides is 1. The van der Waals surface area contributed by atoms with Crippen molar-refractivity contribution in [3.05, 3.63) is 17.8 Å². The number of hydrogen-bond acceptors (Lipinski definition) is 6. The van der Waals surface area contributed by atoms with Gasteiger partial charge in [0.2, 0.25) is 0 Å². The second-order valence-corrected chi connectivity index (χ2v) is 5.86. The Labute approximate surface area is 145 Å². The summed E-state index contributed by atoms with van der Waals surface area (Å²) in [7, 11) is 5.80. The summed E-state index contributed by atoms with van der Waals surface area (Å²) in [5.74, 6) is 0.429. The van der Waals surface area contributed by atoms with Crippen LogP contribution in [0.4, 0.5) is 0 Å². The molecule has 0 aliphatic carbocycles. The summed E-state index contributed by atoms with van der Waals surface area (Å²) >= 11 is 0. The van der Waals surface area contributed by atoms with Crippen LogP contribution in [0.5, 0.6) is 17.2 Å². The molecule has 8 heteroatoms. The fourth-order valence-electron chi connectivity index (χ4n) is 2.52. The van der Waals surface area contributed by atoms with Gasteiger partial charge in [0.1, 0.15) is 17.0 Å². The number of aromatic nitrogens is 1. The molecule has 25 heavy (non-hydrogen) atoms. The summed E-state index contributed by atoms with van der Waals surface area (Å²) in [5.41, 5.74) is -0.369. The van der Waals surface area contributed by atoms with E-state index in [0.717, 1.165) is 0 Å². The number of rotatable bonds is 6. The zero-order chi connectivity index (χ0) is 18.8. The molecule has 1 amide bonds. The van der Waals surface area contributed by atoms with Gasteiger partial charge in [0.15, 0.2) is 11.5 Å². The number of esters is 1. The first-order valence-electron chi connectivity index (χ1n) is 7.51. The molecule has 0 aliphatic rings. The molecule has 1 aromatic carbocycles. The van der Waals surface area contributed by atoms with Gasteiger partial charge in [-0.2, -0.15) is 0 Å². The molecule has 0 atom stereocenters. The molecule has 0 bridgehead atoms. The predicted octanol–water partition coefficient (Wildman–Crippen LogP) is 1.88. The van der Waals surface area contributed by atoms with Crippen LogP contribution in [0.2, 0.25) is 0 Å². The monoisotopic (exact) mass is 350 g/mol. The Bertz CT molecular complexity index is 809. The number of benzene rings is 1. The van der Waals surface area contributed by atoms with Gasteiger partial charge in [0, 0.05) is 11.5 Å². The minimum atomic E-state index is -1.17. The Kier molecular flexibility index (Phi) is 5.10. The van der Waals surface area contributed by atoms with Crippen LogP contribution in [0.25, 0.3) is 10.9 Å². The van der Waals surface area contributed by atoms with Crippen molar-refractivity contribution < 1.29 is 28.5 Å². The Morgan fingerprint density at radius 1 is 1.00 bits per heavy atom. The molecule has 0 fully saturated rings. The Morgan fingerprint density at radius 3 is 2.16 bits per heavy atom. The number of carbonyl (C=O) groups excluding carboxylic acids is 2. The van der Waals surface area contributed by atoms with Gasteiger partial charge in [0.05, 0.1) is 34.0 Å². The summed E-state index contributed by atoms with van der Waals surface area (Å²) in [5, 5.41) is 3.28. The number of H-pyrrole nitrogens is 1. The van der Waals surface area contributed by atoms with E-state index < -0.39 is 17.4 Å². The van der Waals surface area contributed by atoms with E-state index in [1.165, 1.54) is 28.4 Å². The molecular weight excluding hydrogens is 328 g/mol. The molecule has 0 spiro atoms. The fraction of sp³-hybridized carbons (Fsp3) is 0.412. The zero-order valence-electron chi connectivity index (χ0n) is 15.1. The van der Waals surface area contributed by atoms with E-state index in [4.69, 9.17) is 18.9 Å². The van der Waals surface area contributed by atoms with Crippen LogP contribution < -0.4 is 19.5 Å². The van der Waals surface area contributed by atoms with Crippen molar-refractivity contribution in [1.29, 1.82) is 0 Å². The molecule has 1 aromatic heterocycles. The van der Waals surface area contributed by atoms with Crippen molar-refractivity contribution in [2.24, 2.45) is 0 Å². The first-order chi connectivity index (χ1) is 11.8. The number of fused-ring (bicyclic) bond motifs is 1. The minimum Gasteiger partial charge on any atom is -0.496 e. The van der Waals surface area contributed by atoms with Crippen molar-refractivity contribution in [2.45, 2.75) is 19.4 Å². The third-order valence-electron chi connectivity index (χ3n) is 3.81. The van der Waals surface area contributed by atoms with Crippen molar-refractivity contribution >= 4 is 22.8 Å². The number of hydrogen-bond donors (Lipinski definition) is 2. The van der Waals surface area contributed by atoms with Gasteiger partial charge >= 0.3 is 5.97 Å². The molecule has 0 saturated heterocycles. The third kappa shape index (κ3) is 3.33. The van der Waals surface area contributed by atoms with Gasteiger partial charge in [-0.3, -0.25) is 4.79 Å². The summed E-state index contributed by atoms with van der Waals surface area (Å²) in [6.45, 7) is 3.12. The van der Waals surface area contributed by atoms with Crippen molar-refractivity contribution in [3.8, 4) is 17.2 Å². The fourth-order valence-corrected chi connectivity index (χ4v) is 2.52. The van der Waals surface area contributed by atoms with E-state index in [1.54, 1.807) is 26.0 Å². The zero-order valence-corrected chi connectivity index (χ0v) is 15.1. The van der Waals surface area contributed by atoms with Crippen LogP contribution in [0.15, 0.2) is 12.1 Å². The van der Waals surface area contributed by atoms with Crippen molar-refractivity contribution in [3.63, 3.8) is 0 Å². The maximum absolute atomic E-state index is 12.5. The molecule has 2 N–H and O–H groups in total. The van der Waals surface area contributed by atoms with Crippen molar-refractivity contribution in [1.82, 2.24) is 10.3 Å². The van der Waals surface area contributed by atoms with E-state index >= 15 is 0 Å². The highest BCUT2D eigenvalue weighted by Crippen LogP contribution is 2.41. The summed E-state index contributed by atoms with van der Waals surface area (Å²) in [4.78, 5) is 27.3. The molecule has 2 aromatic rings. The quantitative estimate of drug-likeness (QED) is 0.772. The lowest BCUT2D eigenvalue weighted by Crippen LogP contribution is -2.50. The van der Waals surface area contributed by atoms with E-state index in [-0.39, 0.29) is 5.69 Å². The molecule has 136 valence electrons. The lowest BCUT2D eigenvalue weighted by Gasteiger charge is -2.22. The molecule has 0 aliphatic heterocycles. The second-order valence-electron chi connectivity index (χ2n) is 5.86. The van der Waals surface area contributed by atoms with Gasteiger partial charge in [-0.25, -0.2) is 4.79 Å². The van der Waals surface area contributed by atoms with Crippen LogP contribution in [0, 0.1) is 0 Å². The van der Waals surface area contributed by atoms with Gasteiger partial charge < -0.3 is 29.2 Å². The van der Waals surface area contributed by atoms with E-state index in [1.807, 2.05) is 0 Å². The second kappa shape index (κ2) is 6.92. The molecule has 8 nitrogen and oxygen atoms in total. The molecule has 2 rings (SSSR count). The number of methoxy groups -OCH3 is 4. The third-order valence-corrected chi connectivity index (χ3v) is 3.81. The maximum Gasteiger partial charge on any atom is 0.330 e. The van der Waals surface area contributed by atoms with Crippen LogP contribution in [0.1, 0.15) is 24.3 Å². The first-order valence-corrected chi connectivity index (χ1v) is 7.51. The average molecular weight is 350 g/mol. The number of nitrogens with one attached hydrogen (secondary N) is 2. The Morgan fingerprint density at radius 2 is 1.64 bits per heavy atom. The molecule has 0 radical (unpaired) electrons. The SMILES string of the molecule is COC(=O)C(C)(C)NC(=O)c1cc2c(OC)cc(OC)c(OC)c2[nH]1. The van der Waals surface area contributed by atoms with Gasteiger partial charge in [-0.15, -0.1) is 0 Å². The topological polar surface area (TPSA) is 98.9 Å². The highest BCUT2D eigenvalue weighted by molar-refractivity contribution is 6.03. The summed E-state index contributed by atoms with van der Waals surface area (Å²) < 4.78 is 20.7. The molecule has 1 heterocycles. The molecule has 0 unspecified atom stereocenters. The number of ether oxygens (including phenoxy) is 4. The normalized spacial score (nSPS) is 11.1. The van der Waals surface area contributed by atoms with Gasteiger partial charge in [-0.1, -0.05) is 0 Å². The van der Waals surface area contributed by atoms with Crippen LogP contribution in [-0.2, 0) is 9.53 Å². The van der Waals surface area contributed by atoms with E-state index in [2.05, 4.69) is 10.3 Å². The van der Waals surface area contributed by atoms with Gasteiger partial charge in [-0.05, 0) is 19.9 Å².